The highest BCUT2D eigenvalue weighted by Gasteiger charge is 2.29. The van der Waals surface area contributed by atoms with E-state index in [0.717, 1.165) is 5.56 Å². The fraction of sp³-hybridized carbons (Fsp3) is 0.357. The number of amides is 3. The summed E-state index contributed by atoms with van der Waals surface area (Å²) in [6.45, 7) is 1.94. The van der Waals surface area contributed by atoms with Crippen LogP contribution in [0, 0.1) is 6.92 Å². The van der Waals surface area contributed by atoms with E-state index in [0.29, 0.717) is 12.0 Å². The van der Waals surface area contributed by atoms with Crippen molar-refractivity contribution in [2.45, 2.75) is 31.8 Å². The second-order valence-corrected chi connectivity index (χ2v) is 4.90. The van der Waals surface area contributed by atoms with Crippen molar-refractivity contribution in [1.82, 2.24) is 10.6 Å². The molecule has 20 heavy (non-hydrogen) atoms. The number of piperidine rings is 1. The molecule has 0 spiro atoms. The number of carbonyl (C=O) groups excluding carboxylic acids is 3. The first-order chi connectivity index (χ1) is 9.47. The number of carbonyl (C=O) groups is 3. The minimum Gasteiger partial charge on any atom is -0.343 e. The Hall–Kier alpha value is -2.21. The molecule has 1 heterocycles. The SMILES string of the molecule is Cc1ccc(C(N)C(=O)NC2CCC(=O)NC2=O)cc1. The first-order valence-corrected chi connectivity index (χ1v) is 6.43. The molecule has 0 bridgehead atoms. The van der Waals surface area contributed by atoms with E-state index in [-0.39, 0.29) is 12.3 Å². The van der Waals surface area contributed by atoms with Crippen molar-refractivity contribution < 1.29 is 14.4 Å². The number of hydrogen-bond acceptors (Lipinski definition) is 4. The number of nitrogens with two attached hydrogens (primary N) is 1. The third kappa shape index (κ3) is 3.21. The third-order valence-electron chi connectivity index (χ3n) is 3.27. The van der Waals surface area contributed by atoms with Gasteiger partial charge in [-0.2, -0.15) is 0 Å². The lowest BCUT2D eigenvalue weighted by molar-refractivity contribution is -0.137. The number of nitrogens with one attached hydrogen (secondary N) is 2. The van der Waals surface area contributed by atoms with Crippen molar-refractivity contribution >= 4 is 17.7 Å². The number of imide groups is 1. The van der Waals surface area contributed by atoms with Gasteiger partial charge in [0.05, 0.1) is 0 Å². The molecule has 0 saturated carbocycles. The Labute approximate surface area is 116 Å². The van der Waals surface area contributed by atoms with Crippen LogP contribution in [0.15, 0.2) is 24.3 Å². The second-order valence-electron chi connectivity index (χ2n) is 4.90. The van der Waals surface area contributed by atoms with E-state index in [2.05, 4.69) is 10.6 Å². The van der Waals surface area contributed by atoms with Gasteiger partial charge in [-0.15, -0.1) is 0 Å². The predicted molar refractivity (Wildman–Crippen MR) is 72.4 cm³/mol. The van der Waals surface area contributed by atoms with Gasteiger partial charge < -0.3 is 11.1 Å². The summed E-state index contributed by atoms with van der Waals surface area (Å²) >= 11 is 0. The maximum Gasteiger partial charge on any atom is 0.249 e. The van der Waals surface area contributed by atoms with Crippen LogP contribution in [-0.4, -0.2) is 23.8 Å². The summed E-state index contributed by atoms with van der Waals surface area (Å²) in [5.74, 6) is -1.22. The van der Waals surface area contributed by atoms with E-state index >= 15 is 0 Å². The average molecular weight is 275 g/mol. The summed E-state index contributed by atoms with van der Waals surface area (Å²) in [5, 5.41) is 4.76. The molecule has 6 heteroatoms. The number of aryl methyl sites for hydroxylation is 1. The van der Waals surface area contributed by atoms with Crippen LogP contribution in [0.2, 0.25) is 0 Å². The van der Waals surface area contributed by atoms with Crippen molar-refractivity contribution in [1.29, 1.82) is 0 Å². The van der Waals surface area contributed by atoms with Crippen molar-refractivity contribution in [3.63, 3.8) is 0 Å². The number of hydrogen-bond donors (Lipinski definition) is 3. The van der Waals surface area contributed by atoms with Gasteiger partial charge in [0.15, 0.2) is 0 Å². The molecular weight excluding hydrogens is 258 g/mol. The Bertz CT molecular complexity index is 539. The minimum absolute atomic E-state index is 0.219. The van der Waals surface area contributed by atoms with Crippen LogP contribution in [0.3, 0.4) is 0 Å². The summed E-state index contributed by atoms with van der Waals surface area (Å²) in [4.78, 5) is 34.6. The fourth-order valence-electron chi connectivity index (χ4n) is 2.02. The minimum atomic E-state index is -0.832. The molecule has 6 nitrogen and oxygen atoms in total. The van der Waals surface area contributed by atoms with E-state index in [1.54, 1.807) is 12.1 Å². The molecule has 2 atom stereocenters. The zero-order valence-electron chi connectivity index (χ0n) is 11.2. The predicted octanol–water partition coefficient (Wildman–Crippen LogP) is -0.0838. The fourth-order valence-corrected chi connectivity index (χ4v) is 2.02. The molecule has 1 fully saturated rings. The Balaban J connectivity index is 1.99. The van der Waals surface area contributed by atoms with E-state index < -0.39 is 23.9 Å². The van der Waals surface area contributed by atoms with Crippen LogP contribution in [0.4, 0.5) is 0 Å². The lowest BCUT2D eigenvalue weighted by atomic mass is 10.0. The topological polar surface area (TPSA) is 101 Å². The monoisotopic (exact) mass is 275 g/mol. The second kappa shape index (κ2) is 5.83. The molecule has 1 aliphatic heterocycles. The molecule has 1 aromatic carbocycles. The maximum atomic E-state index is 12.0. The van der Waals surface area contributed by atoms with Crippen molar-refractivity contribution in [3.8, 4) is 0 Å². The highest BCUT2D eigenvalue weighted by atomic mass is 16.2. The molecule has 2 unspecified atom stereocenters. The maximum absolute atomic E-state index is 12.0. The van der Waals surface area contributed by atoms with Crippen molar-refractivity contribution in [3.05, 3.63) is 35.4 Å². The van der Waals surface area contributed by atoms with Crippen LogP contribution in [-0.2, 0) is 14.4 Å². The van der Waals surface area contributed by atoms with E-state index in [9.17, 15) is 14.4 Å². The Kier molecular flexibility index (Phi) is 4.14. The van der Waals surface area contributed by atoms with Crippen LogP contribution >= 0.6 is 0 Å². The average Bonchev–Trinajstić information content (AvgIpc) is 2.42. The Morgan fingerprint density at radius 2 is 2.00 bits per heavy atom. The molecule has 1 aliphatic rings. The summed E-state index contributed by atoms with van der Waals surface area (Å²) in [6.07, 6.45) is 0.521. The number of benzene rings is 1. The van der Waals surface area contributed by atoms with E-state index in [1.807, 2.05) is 19.1 Å². The zero-order valence-corrected chi connectivity index (χ0v) is 11.2. The van der Waals surface area contributed by atoms with Gasteiger partial charge in [-0.1, -0.05) is 29.8 Å². The van der Waals surface area contributed by atoms with Gasteiger partial charge in [0.2, 0.25) is 17.7 Å². The third-order valence-corrected chi connectivity index (χ3v) is 3.27. The van der Waals surface area contributed by atoms with Crippen LogP contribution in [0.1, 0.15) is 30.0 Å². The summed E-state index contributed by atoms with van der Waals surface area (Å²) in [7, 11) is 0. The van der Waals surface area contributed by atoms with Gasteiger partial charge in [-0.25, -0.2) is 0 Å². The van der Waals surface area contributed by atoms with Crippen LogP contribution < -0.4 is 16.4 Å². The zero-order chi connectivity index (χ0) is 14.7. The smallest absolute Gasteiger partial charge is 0.249 e. The van der Waals surface area contributed by atoms with Gasteiger partial charge in [-0.3, -0.25) is 19.7 Å². The highest BCUT2D eigenvalue weighted by Crippen LogP contribution is 2.13. The first-order valence-electron chi connectivity index (χ1n) is 6.43. The molecule has 1 saturated heterocycles. The lowest BCUT2D eigenvalue weighted by Gasteiger charge is -2.23. The standard InChI is InChI=1S/C14H17N3O3/c1-8-2-4-9(5-3-8)12(15)14(20)16-10-6-7-11(18)17-13(10)19/h2-5,10,12H,6-7,15H2,1H3,(H,16,20)(H,17,18,19). The van der Waals surface area contributed by atoms with Gasteiger partial charge in [-0.05, 0) is 18.9 Å². The van der Waals surface area contributed by atoms with E-state index in [1.165, 1.54) is 0 Å². The van der Waals surface area contributed by atoms with Crippen LogP contribution in [0.5, 0.6) is 0 Å². The molecular formula is C14H17N3O3. The summed E-state index contributed by atoms with van der Waals surface area (Å²) < 4.78 is 0. The lowest BCUT2D eigenvalue weighted by Crippen LogP contribution is -2.53. The highest BCUT2D eigenvalue weighted by molar-refractivity contribution is 6.02. The molecule has 0 aliphatic carbocycles. The Morgan fingerprint density at radius 3 is 2.60 bits per heavy atom. The summed E-state index contributed by atoms with van der Waals surface area (Å²) in [5.41, 5.74) is 7.62. The van der Waals surface area contributed by atoms with E-state index in [4.69, 9.17) is 5.73 Å². The largest absolute Gasteiger partial charge is 0.343 e. The van der Waals surface area contributed by atoms with Gasteiger partial charge in [0, 0.05) is 6.42 Å². The normalized spacial score (nSPS) is 20.2. The molecule has 0 radical (unpaired) electrons. The molecule has 106 valence electrons. The van der Waals surface area contributed by atoms with Gasteiger partial charge >= 0.3 is 0 Å². The molecule has 0 aromatic heterocycles. The van der Waals surface area contributed by atoms with Crippen LogP contribution in [0.25, 0.3) is 0 Å². The Morgan fingerprint density at radius 1 is 1.35 bits per heavy atom. The summed E-state index contributed by atoms with van der Waals surface area (Å²) in [6, 6.07) is 5.77. The molecule has 2 rings (SSSR count). The first kappa shape index (κ1) is 14.2. The van der Waals surface area contributed by atoms with Crippen molar-refractivity contribution in [2.24, 2.45) is 5.73 Å². The molecule has 3 amide bonds. The molecule has 1 aromatic rings. The van der Waals surface area contributed by atoms with Crippen molar-refractivity contribution in [2.75, 3.05) is 0 Å². The van der Waals surface area contributed by atoms with Gasteiger partial charge in [0.1, 0.15) is 12.1 Å². The van der Waals surface area contributed by atoms with Gasteiger partial charge in [0.25, 0.3) is 0 Å². The quantitative estimate of drug-likeness (QED) is 0.671. The molecule has 4 N–H and O–H groups in total. The number of rotatable bonds is 3.